The van der Waals surface area contributed by atoms with Crippen molar-refractivity contribution in [1.29, 1.82) is 0 Å². The maximum Gasteiger partial charge on any atom is 0.276 e. The zero-order valence-corrected chi connectivity index (χ0v) is 9.56. The van der Waals surface area contributed by atoms with E-state index in [0.29, 0.717) is 17.8 Å². The van der Waals surface area contributed by atoms with Crippen molar-refractivity contribution >= 4 is 12.8 Å². The maximum absolute atomic E-state index is 11.6. The Morgan fingerprint density at radius 3 is 2.75 bits per heavy atom. The van der Waals surface area contributed by atoms with Crippen molar-refractivity contribution in [1.82, 2.24) is 18.9 Å². The van der Waals surface area contributed by atoms with Crippen molar-refractivity contribution in [2.75, 3.05) is 0 Å². The average molecular weight is 234 g/mol. The van der Waals surface area contributed by atoms with Gasteiger partial charge < -0.3 is 0 Å². The second-order valence-corrected chi connectivity index (χ2v) is 3.82. The largest absolute Gasteiger partial charge is 0.281 e. The number of aromatic nitrogens is 4. The summed E-state index contributed by atoms with van der Waals surface area (Å²) in [5, 5.41) is 0. The molecule has 0 bridgehead atoms. The Morgan fingerprint density at radius 1 is 1.38 bits per heavy atom. The van der Waals surface area contributed by atoms with Crippen LogP contribution in [-0.2, 0) is 6.42 Å². The van der Waals surface area contributed by atoms with Crippen LogP contribution in [0.2, 0.25) is 0 Å². The molecule has 5 nitrogen and oxygen atoms in total. The van der Waals surface area contributed by atoms with Crippen LogP contribution in [0.3, 0.4) is 0 Å². The molecule has 0 radical (unpaired) electrons. The van der Waals surface area contributed by atoms with E-state index in [1.54, 1.807) is 25.5 Å². The van der Waals surface area contributed by atoms with Gasteiger partial charge in [-0.2, -0.15) is 4.98 Å². The second-order valence-electron chi connectivity index (χ2n) is 3.39. The molecule has 0 amide bonds. The highest BCUT2D eigenvalue weighted by Gasteiger charge is 2.05. The fourth-order valence-electron chi connectivity index (χ4n) is 1.33. The summed E-state index contributed by atoms with van der Waals surface area (Å²) in [6.07, 6.45) is 6.94. The number of aryl methyl sites for hydroxylation is 1. The highest BCUT2D eigenvalue weighted by molar-refractivity contribution is 7.78. The molecule has 2 aromatic rings. The van der Waals surface area contributed by atoms with Gasteiger partial charge in [0.15, 0.2) is 0 Å². The Bertz CT molecular complexity index is 552. The van der Waals surface area contributed by atoms with Gasteiger partial charge in [-0.05, 0) is 12.5 Å². The van der Waals surface area contributed by atoms with Gasteiger partial charge in [-0.3, -0.25) is 8.77 Å². The lowest BCUT2D eigenvalue weighted by Crippen LogP contribution is -2.17. The molecule has 0 atom stereocenters. The molecule has 0 saturated heterocycles. The zero-order valence-electron chi connectivity index (χ0n) is 8.66. The first-order valence-electron chi connectivity index (χ1n) is 4.69. The molecule has 0 aliphatic heterocycles. The third kappa shape index (κ3) is 2.27. The van der Waals surface area contributed by atoms with Gasteiger partial charge >= 0.3 is 0 Å². The fraction of sp³-hybridized carbons (Fsp3) is 0.200. The molecule has 0 N–H and O–H groups in total. The highest BCUT2D eigenvalue weighted by atomic mass is 32.1. The molecule has 0 aliphatic rings. The Kier molecular flexibility index (Phi) is 3.00. The quantitative estimate of drug-likeness (QED) is 0.774. The number of rotatable bonds is 2. The first-order valence-corrected chi connectivity index (χ1v) is 5.09. The third-order valence-electron chi connectivity index (χ3n) is 2.16. The van der Waals surface area contributed by atoms with Crippen molar-refractivity contribution in [2.45, 2.75) is 13.3 Å². The molecule has 0 unspecified atom stereocenters. The summed E-state index contributed by atoms with van der Waals surface area (Å²) in [4.78, 5) is 23.2. The zero-order chi connectivity index (χ0) is 11.5. The lowest BCUT2D eigenvalue weighted by atomic mass is 10.1. The van der Waals surface area contributed by atoms with Crippen molar-refractivity contribution < 1.29 is 0 Å². The van der Waals surface area contributed by atoms with Crippen LogP contribution in [0.1, 0.15) is 17.0 Å². The number of hydrogen-bond donors (Lipinski definition) is 1. The van der Waals surface area contributed by atoms with Gasteiger partial charge in [-0.25, -0.2) is 9.97 Å². The van der Waals surface area contributed by atoms with Crippen LogP contribution >= 0.6 is 12.8 Å². The first kappa shape index (κ1) is 10.8. The molecule has 0 fully saturated rings. The number of hydrogen-bond acceptors (Lipinski definition) is 5. The molecule has 6 heteroatoms. The van der Waals surface area contributed by atoms with Gasteiger partial charge in [0.2, 0.25) is 0 Å². The lowest BCUT2D eigenvalue weighted by molar-refractivity contribution is 0.930. The molecule has 0 spiro atoms. The summed E-state index contributed by atoms with van der Waals surface area (Å²) in [5.41, 5.74) is 1.22. The van der Waals surface area contributed by atoms with Crippen LogP contribution in [-0.4, -0.2) is 18.9 Å². The Morgan fingerprint density at radius 2 is 2.06 bits per heavy atom. The SMILES string of the molecule is Cc1nc(=O)c(Cc2cncnc2)cn1S. The van der Waals surface area contributed by atoms with Crippen molar-refractivity contribution in [3.63, 3.8) is 0 Å². The van der Waals surface area contributed by atoms with Crippen molar-refractivity contribution in [3.8, 4) is 0 Å². The van der Waals surface area contributed by atoms with E-state index < -0.39 is 0 Å². The van der Waals surface area contributed by atoms with Gasteiger partial charge in [-0.15, -0.1) is 0 Å². The van der Waals surface area contributed by atoms with E-state index in [9.17, 15) is 4.79 Å². The topological polar surface area (TPSA) is 60.7 Å². The van der Waals surface area contributed by atoms with Crippen LogP contribution in [0.25, 0.3) is 0 Å². The Labute approximate surface area is 97.8 Å². The molecule has 0 saturated carbocycles. The van der Waals surface area contributed by atoms with Gasteiger partial charge in [0, 0.05) is 30.6 Å². The fourth-order valence-corrected chi connectivity index (χ4v) is 1.51. The summed E-state index contributed by atoms with van der Waals surface area (Å²) < 4.78 is 1.53. The van der Waals surface area contributed by atoms with E-state index in [1.807, 2.05) is 0 Å². The summed E-state index contributed by atoms with van der Waals surface area (Å²) in [5.74, 6) is 0.571. The van der Waals surface area contributed by atoms with Crippen molar-refractivity contribution in [3.05, 3.63) is 52.2 Å². The molecule has 2 aromatic heterocycles. The van der Waals surface area contributed by atoms with Crippen LogP contribution in [0.15, 0.2) is 29.7 Å². The van der Waals surface area contributed by atoms with Gasteiger partial charge in [0.05, 0.1) is 0 Å². The van der Waals surface area contributed by atoms with Crippen molar-refractivity contribution in [2.24, 2.45) is 0 Å². The minimum atomic E-state index is -0.230. The van der Waals surface area contributed by atoms with E-state index in [4.69, 9.17) is 0 Å². The number of nitrogens with zero attached hydrogens (tertiary/aromatic N) is 4. The summed E-state index contributed by atoms with van der Waals surface area (Å²) in [7, 11) is 0. The van der Waals surface area contributed by atoms with E-state index >= 15 is 0 Å². The normalized spacial score (nSPS) is 10.4. The summed E-state index contributed by atoms with van der Waals surface area (Å²) in [6.45, 7) is 1.73. The van der Waals surface area contributed by atoms with Crippen LogP contribution in [0.4, 0.5) is 0 Å². The summed E-state index contributed by atoms with van der Waals surface area (Å²) >= 11 is 4.17. The molecule has 82 valence electrons. The van der Waals surface area contributed by atoms with E-state index in [1.165, 1.54) is 10.3 Å². The monoisotopic (exact) mass is 234 g/mol. The van der Waals surface area contributed by atoms with Gasteiger partial charge in [-0.1, -0.05) is 12.8 Å². The molecular formula is C10H10N4OS. The lowest BCUT2D eigenvalue weighted by Gasteiger charge is -2.04. The van der Waals surface area contributed by atoms with E-state index in [2.05, 4.69) is 27.8 Å². The van der Waals surface area contributed by atoms with Crippen LogP contribution < -0.4 is 5.56 Å². The van der Waals surface area contributed by atoms with E-state index in [-0.39, 0.29) is 5.56 Å². The summed E-state index contributed by atoms with van der Waals surface area (Å²) in [6, 6.07) is 0. The Hall–Kier alpha value is -1.69. The van der Waals surface area contributed by atoms with E-state index in [0.717, 1.165) is 5.56 Å². The smallest absolute Gasteiger partial charge is 0.276 e. The molecule has 0 aliphatic carbocycles. The average Bonchev–Trinajstić information content (AvgIpc) is 2.27. The number of thiol groups is 1. The van der Waals surface area contributed by atoms with Gasteiger partial charge in [0.1, 0.15) is 12.2 Å². The minimum absolute atomic E-state index is 0.230. The second kappa shape index (κ2) is 4.44. The Balaban J connectivity index is 2.36. The third-order valence-corrected chi connectivity index (χ3v) is 2.56. The predicted octanol–water partition coefficient (Wildman–Crippen LogP) is 0.625. The molecule has 2 rings (SSSR count). The van der Waals surface area contributed by atoms with Gasteiger partial charge in [0.25, 0.3) is 5.56 Å². The first-order chi connectivity index (χ1) is 7.66. The molecule has 0 aromatic carbocycles. The van der Waals surface area contributed by atoms with Crippen LogP contribution in [0, 0.1) is 6.92 Å². The highest BCUT2D eigenvalue weighted by Crippen LogP contribution is 2.04. The molecular weight excluding hydrogens is 224 g/mol. The minimum Gasteiger partial charge on any atom is -0.281 e. The maximum atomic E-state index is 11.6. The molecule has 16 heavy (non-hydrogen) atoms. The molecule has 2 heterocycles. The van der Waals surface area contributed by atoms with Crippen LogP contribution in [0.5, 0.6) is 0 Å². The predicted molar refractivity (Wildman–Crippen MR) is 62.5 cm³/mol. The standard InChI is InChI=1S/C10H10N4OS/c1-7-13-10(15)9(5-14(7)16)2-8-3-11-6-12-4-8/h3-6,16H,2H2,1H3.